The van der Waals surface area contributed by atoms with Gasteiger partial charge in [-0.25, -0.2) is 0 Å². The smallest absolute Gasteiger partial charge is 0.316 e. The molecule has 108 valence electrons. The summed E-state index contributed by atoms with van der Waals surface area (Å²) in [7, 11) is 0. The van der Waals surface area contributed by atoms with E-state index in [2.05, 4.69) is 10.3 Å². The van der Waals surface area contributed by atoms with E-state index in [1.165, 1.54) is 0 Å². The average Bonchev–Trinajstić information content (AvgIpc) is 2.37. The Labute approximate surface area is 118 Å². The van der Waals surface area contributed by atoms with Crippen molar-refractivity contribution in [1.82, 2.24) is 5.32 Å². The SMILES string of the molecule is CCOC(=O)C1C(c2ccccc2)N=C(C)NC1(C)O. The van der Waals surface area contributed by atoms with E-state index in [4.69, 9.17) is 4.74 Å². The molecule has 0 fully saturated rings. The molecule has 1 aromatic rings. The third-order valence-corrected chi connectivity index (χ3v) is 3.37. The minimum atomic E-state index is -1.39. The Bertz CT molecular complexity index is 511. The van der Waals surface area contributed by atoms with Crippen LogP contribution in [0.5, 0.6) is 0 Å². The van der Waals surface area contributed by atoms with Crippen molar-refractivity contribution in [3.8, 4) is 0 Å². The van der Waals surface area contributed by atoms with Gasteiger partial charge in [-0.15, -0.1) is 0 Å². The first-order chi connectivity index (χ1) is 9.45. The molecule has 1 aliphatic rings. The summed E-state index contributed by atoms with van der Waals surface area (Å²) in [6.07, 6.45) is 0. The number of hydrogen-bond acceptors (Lipinski definition) is 5. The normalized spacial score (nSPS) is 29.3. The number of esters is 1. The lowest BCUT2D eigenvalue weighted by Crippen LogP contribution is -2.58. The van der Waals surface area contributed by atoms with Crippen LogP contribution >= 0.6 is 0 Å². The number of nitrogens with one attached hydrogen (secondary N) is 1. The van der Waals surface area contributed by atoms with Gasteiger partial charge >= 0.3 is 5.97 Å². The number of rotatable bonds is 3. The zero-order valence-corrected chi connectivity index (χ0v) is 12.0. The van der Waals surface area contributed by atoms with Gasteiger partial charge in [-0.05, 0) is 26.3 Å². The fourth-order valence-electron chi connectivity index (χ4n) is 2.57. The second-order valence-electron chi connectivity index (χ2n) is 5.07. The molecule has 5 nitrogen and oxygen atoms in total. The van der Waals surface area contributed by atoms with Crippen LogP contribution in [0.15, 0.2) is 35.3 Å². The van der Waals surface area contributed by atoms with Crippen molar-refractivity contribution in [3.05, 3.63) is 35.9 Å². The summed E-state index contributed by atoms with van der Waals surface area (Å²) in [6.45, 7) is 5.36. The summed E-state index contributed by atoms with van der Waals surface area (Å²) in [5, 5.41) is 13.4. The number of carbonyl (C=O) groups is 1. The Hall–Kier alpha value is -1.88. The molecule has 1 aliphatic heterocycles. The molecule has 0 aliphatic carbocycles. The maximum absolute atomic E-state index is 12.2. The summed E-state index contributed by atoms with van der Waals surface area (Å²) in [4.78, 5) is 16.7. The lowest BCUT2D eigenvalue weighted by Gasteiger charge is -2.40. The van der Waals surface area contributed by atoms with E-state index in [0.29, 0.717) is 5.84 Å². The lowest BCUT2D eigenvalue weighted by atomic mass is 9.84. The number of nitrogens with zero attached hydrogens (tertiary/aromatic N) is 1. The highest BCUT2D eigenvalue weighted by atomic mass is 16.5. The molecule has 3 unspecified atom stereocenters. The zero-order chi connectivity index (χ0) is 14.8. The molecule has 2 N–H and O–H groups in total. The molecular weight excluding hydrogens is 256 g/mol. The van der Waals surface area contributed by atoms with Gasteiger partial charge in [-0.2, -0.15) is 0 Å². The van der Waals surface area contributed by atoms with Gasteiger partial charge in [0.05, 0.1) is 18.5 Å². The Morgan fingerprint density at radius 2 is 2.10 bits per heavy atom. The molecular formula is C15H20N2O3. The molecule has 1 heterocycles. The van der Waals surface area contributed by atoms with Crippen LogP contribution in [0.1, 0.15) is 32.4 Å². The number of amidine groups is 1. The molecule has 0 amide bonds. The highest BCUT2D eigenvalue weighted by Crippen LogP contribution is 2.36. The van der Waals surface area contributed by atoms with Gasteiger partial charge < -0.3 is 15.2 Å². The summed E-state index contributed by atoms with van der Waals surface area (Å²) in [6, 6.07) is 9.02. The quantitative estimate of drug-likeness (QED) is 0.823. The van der Waals surface area contributed by atoms with Crippen molar-refractivity contribution in [1.29, 1.82) is 0 Å². The van der Waals surface area contributed by atoms with E-state index in [1.54, 1.807) is 20.8 Å². The van der Waals surface area contributed by atoms with E-state index in [1.807, 2.05) is 30.3 Å². The predicted octanol–water partition coefficient (Wildman–Crippen LogP) is 1.64. The van der Waals surface area contributed by atoms with E-state index in [-0.39, 0.29) is 6.61 Å². The minimum absolute atomic E-state index is 0.273. The van der Waals surface area contributed by atoms with Gasteiger partial charge in [0.1, 0.15) is 11.6 Å². The molecule has 20 heavy (non-hydrogen) atoms. The number of aliphatic hydroxyl groups is 1. The summed E-state index contributed by atoms with van der Waals surface area (Å²) in [5.41, 5.74) is -0.509. The van der Waals surface area contributed by atoms with Crippen LogP contribution < -0.4 is 5.32 Å². The van der Waals surface area contributed by atoms with Crippen LogP contribution in [-0.4, -0.2) is 29.2 Å². The van der Waals surface area contributed by atoms with Crippen molar-refractivity contribution in [2.45, 2.75) is 32.5 Å². The van der Waals surface area contributed by atoms with Gasteiger partial charge in [-0.3, -0.25) is 9.79 Å². The number of hydrogen-bond donors (Lipinski definition) is 2. The van der Waals surface area contributed by atoms with Crippen LogP contribution in [0.25, 0.3) is 0 Å². The first-order valence-electron chi connectivity index (χ1n) is 6.72. The van der Waals surface area contributed by atoms with Crippen molar-refractivity contribution in [2.24, 2.45) is 10.9 Å². The van der Waals surface area contributed by atoms with Crippen LogP contribution in [0.3, 0.4) is 0 Å². The summed E-state index contributed by atoms with van der Waals surface area (Å²) < 4.78 is 5.10. The van der Waals surface area contributed by atoms with Crippen molar-refractivity contribution in [3.63, 3.8) is 0 Å². The minimum Gasteiger partial charge on any atom is -0.466 e. The first-order valence-corrected chi connectivity index (χ1v) is 6.72. The predicted molar refractivity (Wildman–Crippen MR) is 76.2 cm³/mol. The molecule has 0 bridgehead atoms. The van der Waals surface area contributed by atoms with E-state index in [9.17, 15) is 9.90 Å². The number of aliphatic imine (C=N–C) groups is 1. The fraction of sp³-hybridized carbons (Fsp3) is 0.467. The second kappa shape index (κ2) is 5.63. The van der Waals surface area contributed by atoms with Crippen LogP contribution in [-0.2, 0) is 9.53 Å². The topological polar surface area (TPSA) is 70.9 Å². The molecule has 3 atom stereocenters. The Morgan fingerprint density at radius 1 is 1.45 bits per heavy atom. The lowest BCUT2D eigenvalue weighted by molar-refractivity contribution is -0.161. The maximum atomic E-state index is 12.2. The van der Waals surface area contributed by atoms with Gasteiger partial charge in [0.2, 0.25) is 0 Å². The molecule has 2 rings (SSSR count). The third-order valence-electron chi connectivity index (χ3n) is 3.37. The van der Waals surface area contributed by atoms with Gasteiger partial charge in [-0.1, -0.05) is 30.3 Å². The molecule has 0 aromatic heterocycles. The van der Waals surface area contributed by atoms with Crippen LogP contribution in [0.2, 0.25) is 0 Å². The highest BCUT2D eigenvalue weighted by Gasteiger charge is 2.47. The van der Waals surface area contributed by atoms with Gasteiger partial charge in [0.25, 0.3) is 0 Å². The molecule has 0 saturated heterocycles. The van der Waals surface area contributed by atoms with Crippen molar-refractivity contribution >= 4 is 11.8 Å². The standard InChI is InChI=1S/C15H20N2O3/c1-4-20-14(18)12-13(11-8-6-5-7-9-11)16-10(2)17-15(12,3)19/h5-9,12-13,19H,4H2,1-3H3,(H,16,17). The summed E-state index contributed by atoms with van der Waals surface area (Å²) >= 11 is 0. The Balaban J connectivity index is 2.44. The summed E-state index contributed by atoms with van der Waals surface area (Å²) in [5.74, 6) is -0.631. The van der Waals surface area contributed by atoms with E-state index >= 15 is 0 Å². The maximum Gasteiger partial charge on any atom is 0.316 e. The molecule has 1 aromatic carbocycles. The molecule has 5 heteroatoms. The van der Waals surface area contributed by atoms with Gasteiger partial charge in [0, 0.05) is 0 Å². The average molecular weight is 276 g/mol. The second-order valence-corrected chi connectivity index (χ2v) is 5.07. The molecule has 0 spiro atoms. The van der Waals surface area contributed by atoms with Crippen LogP contribution in [0, 0.1) is 5.92 Å². The Morgan fingerprint density at radius 3 is 2.70 bits per heavy atom. The van der Waals surface area contributed by atoms with E-state index < -0.39 is 23.7 Å². The van der Waals surface area contributed by atoms with Crippen molar-refractivity contribution < 1.29 is 14.6 Å². The molecule has 0 radical (unpaired) electrons. The monoisotopic (exact) mass is 276 g/mol. The molecule has 0 saturated carbocycles. The number of benzene rings is 1. The largest absolute Gasteiger partial charge is 0.466 e. The fourth-order valence-corrected chi connectivity index (χ4v) is 2.57. The number of ether oxygens (including phenoxy) is 1. The van der Waals surface area contributed by atoms with Gasteiger partial charge in [0.15, 0.2) is 0 Å². The number of carbonyl (C=O) groups excluding carboxylic acids is 1. The van der Waals surface area contributed by atoms with Crippen LogP contribution in [0.4, 0.5) is 0 Å². The van der Waals surface area contributed by atoms with E-state index in [0.717, 1.165) is 5.56 Å². The first kappa shape index (κ1) is 14.5. The highest BCUT2D eigenvalue weighted by molar-refractivity contribution is 5.85. The van der Waals surface area contributed by atoms with Crippen molar-refractivity contribution in [2.75, 3.05) is 6.61 Å². The third kappa shape index (κ3) is 2.82. The zero-order valence-electron chi connectivity index (χ0n) is 12.0. The Kier molecular flexibility index (Phi) is 4.09.